The van der Waals surface area contributed by atoms with Crippen LogP contribution in [0.4, 0.5) is 11.8 Å². The molecule has 0 radical (unpaired) electrons. The van der Waals surface area contributed by atoms with Gasteiger partial charge in [0.05, 0.1) is 84.7 Å². The Labute approximate surface area is 307 Å². The number of aromatic nitrogens is 5. The maximum atomic E-state index is 12.2. The summed E-state index contributed by atoms with van der Waals surface area (Å²) >= 11 is 0. The fourth-order valence-corrected chi connectivity index (χ4v) is 5.03. The van der Waals surface area contributed by atoms with Crippen LogP contribution in [0.1, 0.15) is 25.7 Å². The van der Waals surface area contributed by atoms with Gasteiger partial charge in [-0.25, -0.2) is 14.6 Å². The Kier molecular flexibility index (Phi) is 18.6. The summed E-state index contributed by atoms with van der Waals surface area (Å²) in [6, 6.07) is 5.59. The van der Waals surface area contributed by atoms with Gasteiger partial charge in [0.15, 0.2) is 11.2 Å². The molecule has 1 aromatic carbocycles. The molecule has 0 spiro atoms. The second kappa shape index (κ2) is 23.9. The second-order valence-electron chi connectivity index (χ2n) is 11.6. The first-order chi connectivity index (χ1) is 26.0. The van der Waals surface area contributed by atoms with E-state index in [0.29, 0.717) is 139 Å². The third-order valence-corrected chi connectivity index (χ3v) is 7.62. The predicted octanol–water partition coefficient (Wildman–Crippen LogP) is 0.650. The van der Waals surface area contributed by atoms with Crippen molar-refractivity contribution in [2.75, 3.05) is 110 Å². The van der Waals surface area contributed by atoms with E-state index >= 15 is 0 Å². The fraction of sp³-hybridized carbons (Fsp3) is 0.588. The molecule has 4 aromatic rings. The summed E-state index contributed by atoms with van der Waals surface area (Å²) in [5.41, 5.74) is 20.5. The third-order valence-electron chi connectivity index (χ3n) is 7.62. The number of amides is 2. The minimum absolute atomic E-state index is 0.0824. The number of rotatable bonds is 29. The van der Waals surface area contributed by atoms with Crippen LogP contribution in [0.3, 0.4) is 0 Å². The summed E-state index contributed by atoms with van der Waals surface area (Å²) < 4.78 is 39.6. The Hall–Kier alpha value is -4.50. The maximum Gasteiger partial charge on any atom is 0.292 e. The normalized spacial score (nSPS) is 11.5. The number of nitrogen functional groups attached to an aromatic ring is 2. The fourth-order valence-electron chi connectivity index (χ4n) is 5.03. The monoisotopic (exact) mass is 744 g/mol. The maximum absolute atomic E-state index is 12.2. The zero-order valence-corrected chi connectivity index (χ0v) is 30.1. The Morgan fingerprint density at radius 2 is 1.34 bits per heavy atom. The number of hydrogen-bond acceptors (Lipinski definition) is 16. The minimum atomic E-state index is -0.103. The van der Waals surface area contributed by atoms with Crippen molar-refractivity contribution >= 4 is 45.8 Å². The summed E-state index contributed by atoms with van der Waals surface area (Å²) in [6.45, 7) is 6.92. The highest BCUT2D eigenvalue weighted by Crippen LogP contribution is 2.32. The van der Waals surface area contributed by atoms with Gasteiger partial charge in [0.2, 0.25) is 11.8 Å². The van der Waals surface area contributed by atoms with Crippen molar-refractivity contribution in [1.29, 1.82) is 0 Å². The van der Waals surface area contributed by atoms with Crippen molar-refractivity contribution in [3.8, 4) is 11.3 Å². The quantitative estimate of drug-likeness (QED) is 0.0478. The van der Waals surface area contributed by atoms with Crippen LogP contribution in [0, 0.1) is 0 Å². The molecule has 292 valence electrons. The molecule has 0 unspecified atom stereocenters. The number of nitrogens with one attached hydrogen (secondary N) is 2. The van der Waals surface area contributed by atoms with Crippen molar-refractivity contribution in [2.24, 2.45) is 5.73 Å². The van der Waals surface area contributed by atoms with Crippen molar-refractivity contribution in [3.05, 3.63) is 24.5 Å². The van der Waals surface area contributed by atoms with Gasteiger partial charge in [-0.2, -0.15) is 10.1 Å². The molecule has 4 rings (SSSR count). The molecule has 3 heterocycles. The van der Waals surface area contributed by atoms with Gasteiger partial charge in [-0.15, -0.1) is 0 Å². The molecule has 0 aliphatic rings. The number of anilines is 2. The molecule has 0 saturated heterocycles. The lowest BCUT2D eigenvalue weighted by Gasteiger charge is -2.09. The molecule has 8 N–H and O–H groups in total. The first-order valence-electron chi connectivity index (χ1n) is 17.8. The topological polar surface area (TPSA) is 261 Å². The van der Waals surface area contributed by atoms with Crippen LogP contribution in [0.2, 0.25) is 0 Å². The van der Waals surface area contributed by atoms with E-state index in [-0.39, 0.29) is 30.7 Å². The van der Waals surface area contributed by atoms with E-state index in [0.717, 1.165) is 18.4 Å². The van der Waals surface area contributed by atoms with E-state index in [9.17, 15) is 9.59 Å². The number of carbonyl (C=O) groups excluding carboxylic acids is 2. The number of aryl methyl sites for hydroxylation is 1. The van der Waals surface area contributed by atoms with Crippen LogP contribution >= 0.6 is 0 Å². The Balaban J connectivity index is 0.951. The van der Waals surface area contributed by atoms with E-state index in [2.05, 4.69) is 25.6 Å². The zero-order chi connectivity index (χ0) is 37.5. The summed E-state index contributed by atoms with van der Waals surface area (Å²) in [5.74, 6) is 0.148. The average molecular weight is 745 g/mol. The van der Waals surface area contributed by atoms with Gasteiger partial charge in [0.1, 0.15) is 23.4 Å². The highest BCUT2D eigenvalue weighted by Gasteiger charge is 2.18. The average Bonchev–Trinajstić information content (AvgIpc) is 3.72. The SMILES string of the molecule is NCCOCCOCCOCCC(=O)NCCOCCOCCOCCC(=O)NCCCCn1nc(-c2ccc3oc(N)nc3c2)c2c(N)ncnc21. The van der Waals surface area contributed by atoms with E-state index < -0.39 is 0 Å². The van der Waals surface area contributed by atoms with Gasteiger partial charge < -0.3 is 60.7 Å². The summed E-state index contributed by atoms with van der Waals surface area (Å²) in [4.78, 5) is 36.9. The molecule has 19 nitrogen and oxygen atoms in total. The molecule has 0 aliphatic heterocycles. The standard InChI is InChI=1S/C34H52N10O9/c35-7-13-49-17-21-51-19-15-48-12-6-29(46)39-9-14-50-18-22-52-20-16-47-11-5-28(45)38-8-1-2-10-44-33-30(32(36)40-24-41-33)31(43-44)25-3-4-27-26(23-25)42-34(37)53-27/h3-4,23-24H,1-2,5-22,35H2,(H2,37,42)(H,38,45)(H,39,46)(H2,36,40,41). The largest absolute Gasteiger partial charge is 0.424 e. The van der Waals surface area contributed by atoms with Gasteiger partial charge in [-0.3, -0.25) is 9.59 Å². The summed E-state index contributed by atoms with van der Waals surface area (Å²) in [5, 5.41) is 11.1. The van der Waals surface area contributed by atoms with Crippen molar-refractivity contribution in [1.82, 2.24) is 35.4 Å². The molecule has 19 heteroatoms. The number of benzene rings is 1. The van der Waals surface area contributed by atoms with E-state index in [4.69, 9.17) is 55.1 Å². The van der Waals surface area contributed by atoms with Crippen LogP contribution in [-0.4, -0.2) is 135 Å². The minimum Gasteiger partial charge on any atom is -0.424 e. The molecule has 0 bridgehead atoms. The number of oxazole rings is 1. The molecule has 0 aliphatic carbocycles. The Morgan fingerprint density at radius 1 is 0.736 bits per heavy atom. The van der Waals surface area contributed by atoms with Gasteiger partial charge in [-0.05, 0) is 31.0 Å². The Bertz CT molecular complexity index is 1670. The van der Waals surface area contributed by atoms with E-state index in [1.807, 2.05) is 12.1 Å². The second-order valence-corrected chi connectivity index (χ2v) is 11.6. The van der Waals surface area contributed by atoms with Crippen molar-refractivity contribution < 1.29 is 42.4 Å². The molecular formula is C34H52N10O9. The molecule has 0 atom stereocenters. The van der Waals surface area contributed by atoms with Gasteiger partial charge in [-0.1, -0.05) is 0 Å². The lowest BCUT2D eigenvalue weighted by Crippen LogP contribution is -2.28. The molecule has 0 saturated carbocycles. The number of hydrogen-bond donors (Lipinski definition) is 5. The van der Waals surface area contributed by atoms with E-state index in [1.54, 1.807) is 10.7 Å². The summed E-state index contributed by atoms with van der Waals surface area (Å²) in [7, 11) is 0. The number of nitrogens with two attached hydrogens (primary N) is 3. The molecule has 3 aromatic heterocycles. The predicted molar refractivity (Wildman–Crippen MR) is 196 cm³/mol. The van der Waals surface area contributed by atoms with Gasteiger partial charge >= 0.3 is 0 Å². The molecule has 2 amide bonds. The highest BCUT2D eigenvalue weighted by molar-refractivity contribution is 5.99. The lowest BCUT2D eigenvalue weighted by atomic mass is 10.1. The number of unbranched alkanes of at least 4 members (excludes halogenated alkanes) is 1. The van der Waals surface area contributed by atoms with Crippen LogP contribution in [0.25, 0.3) is 33.4 Å². The lowest BCUT2D eigenvalue weighted by molar-refractivity contribution is -0.123. The Morgan fingerprint density at radius 3 is 2.00 bits per heavy atom. The zero-order valence-electron chi connectivity index (χ0n) is 30.1. The van der Waals surface area contributed by atoms with Gasteiger partial charge in [0.25, 0.3) is 6.01 Å². The highest BCUT2D eigenvalue weighted by atomic mass is 16.5. The smallest absolute Gasteiger partial charge is 0.292 e. The first-order valence-corrected chi connectivity index (χ1v) is 17.8. The number of fused-ring (bicyclic) bond motifs is 2. The molecule has 0 fully saturated rings. The van der Waals surface area contributed by atoms with Gasteiger partial charge in [0, 0.05) is 44.6 Å². The third kappa shape index (κ3) is 14.8. The molecular weight excluding hydrogens is 692 g/mol. The van der Waals surface area contributed by atoms with Crippen LogP contribution in [0.15, 0.2) is 28.9 Å². The van der Waals surface area contributed by atoms with Crippen molar-refractivity contribution in [2.45, 2.75) is 32.2 Å². The molecule has 53 heavy (non-hydrogen) atoms. The summed E-state index contributed by atoms with van der Waals surface area (Å²) in [6.07, 6.45) is 3.44. The van der Waals surface area contributed by atoms with Crippen LogP contribution in [-0.2, 0) is 44.6 Å². The first kappa shape index (κ1) is 41.3. The van der Waals surface area contributed by atoms with Crippen LogP contribution < -0.4 is 27.8 Å². The van der Waals surface area contributed by atoms with E-state index in [1.165, 1.54) is 6.33 Å². The number of ether oxygens (including phenoxy) is 6. The number of carbonyl (C=O) groups is 2. The van der Waals surface area contributed by atoms with Crippen molar-refractivity contribution in [3.63, 3.8) is 0 Å². The van der Waals surface area contributed by atoms with Crippen LogP contribution in [0.5, 0.6) is 0 Å². The number of nitrogens with zero attached hydrogens (tertiary/aromatic N) is 5.